The second-order valence-electron chi connectivity index (χ2n) is 11.2. The van der Waals surface area contributed by atoms with Crippen LogP contribution in [0.4, 0.5) is 4.79 Å². The Morgan fingerprint density at radius 3 is 2.28 bits per heavy atom. The predicted molar refractivity (Wildman–Crippen MR) is 151 cm³/mol. The minimum Gasteiger partial charge on any atom is -0.511 e. The summed E-state index contributed by atoms with van der Waals surface area (Å²) in [6.45, 7) is 6.21. The van der Waals surface area contributed by atoms with Gasteiger partial charge in [-0.3, -0.25) is 14.6 Å². The molecule has 0 saturated carbocycles. The molecule has 4 rings (SSSR count). The summed E-state index contributed by atoms with van der Waals surface area (Å²) in [5.41, 5.74) is 10.6. The lowest BCUT2D eigenvalue weighted by molar-refractivity contribution is -0.120. The number of carbonyl (C=O) groups excluding carboxylic acids is 3. The van der Waals surface area contributed by atoms with Gasteiger partial charge in [0.05, 0.1) is 5.57 Å². The molecule has 2 aromatic carbocycles. The molecule has 0 unspecified atom stereocenters. The Morgan fingerprint density at radius 1 is 1.08 bits per heavy atom. The van der Waals surface area contributed by atoms with Crippen molar-refractivity contribution in [3.63, 3.8) is 0 Å². The van der Waals surface area contributed by atoms with Gasteiger partial charge >= 0.3 is 6.09 Å². The Balaban J connectivity index is 1.26. The first-order valence-electron chi connectivity index (χ1n) is 13.4. The fourth-order valence-corrected chi connectivity index (χ4v) is 5.55. The van der Waals surface area contributed by atoms with Crippen molar-refractivity contribution in [1.82, 2.24) is 5.32 Å². The van der Waals surface area contributed by atoms with Crippen LogP contribution >= 0.6 is 0 Å². The summed E-state index contributed by atoms with van der Waals surface area (Å²) in [6, 6.07) is 15.3. The average Bonchev–Trinajstić information content (AvgIpc) is 3.19. The van der Waals surface area contributed by atoms with Gasteiger partial charge in [-0.15, -0.1) is 0 Å². The number of ketones is 1. The minimum absolute atomic E-state index is 0.0760. The highest BCUT2D eigenvalue weighted by molar-refractivity contribution is 6.22. The SMILES string of the molecule is CC(=NCCCC[C@H](NC(=O)OCC1c2ccccc2-c2ccccc21)C(N)=O)C1=C(O)CC(C)(C)CC1=O. The summed E-state index contributed by atoms with van der Waals surface area (Å²) in [5.74, 6) is -0.702. The number of nitrogens with zero attached hydrogens (tertiary/aromatic N) is 1. The molecular formula is C31H37N3O5. The van der Waals surface area contributed by atoms with Crippen molar-refractivity contribution in [2.75, 3.05) is 13.2 Å². The van der Waals surface area contributed by atoms with Gasteiger partial charge in [0.15, 0.2) is 5.78 Å². The van der Waals surface area contributed by atoms with Gasteiger partial charge in [0.2, 0.25) is 5.91 Å². The number of allylic oxidation sites excluding steroid dienone is 2. The van der Waals surface area contributed by atoms with Crippen LogP contribution in [-0.4, -0.2) is 47.8 Å². The molecule has 8 nitrogen and oxygen atoms in total. The first kappa shape index (κ1) is 28.1. The smallest absolute Gasteiger partial charge is 0.407 e. The number of benzene rings is 2. The number of nitrogens with two attached hydrogens (primary N) is 1. The fraction of sp³-hybridized carbons (Fsp3) is 0.419. The number of hydrogen-bond donors (Lipinski definition) is 3. The van der Waals surface area contributed by atoms with Crippen LogP contribution in [0, 0.1) is 5.41 Å². The summed E-state index contributed by atoms with van der Waals surface area (Å²) >= 11 is 0. The van der Waals surface area contributed by atoms with Crippen LogP contribution in [0.1, 0.15) is 69.9 Å². The van der Waals surface area contributed by atoms with Crippen molar-refractivity contribution in [3.05, 3.63) is 71.0 Å². The molecule has 39 heavy (non-hydrogen) atoms. The standard InChI is InChI=1S/C31H37N3O5/c1-19(28-26(35)16-31(2,3)17-27(28)36)33-15-9-8-14-25(29(32)37)34-30(38)39-18-24-22-12-6-4-10-20(22)21-11-5-7-13-23(21)24/h4-7,10-13,24-25,35H,8-9,14-18H2,1-3H3,(H2,32,37)(H,34,38)/t25-/m0/s1. The van der Waals surface area contributed by atoms with Crippen molar-refractivity contribution in [2.24, 2.45) is 16.1 Å². The molecule has 0 saturated heterocycles. The summed E-state index contributed by atoms with van der Waals surface area (Å²) in [4.78, 5) is 41.5. The third kappa shape index (κ3) is 6.56. The molecule has 0 radical (unpaired) electrons. The number of alkyl carbamates (subject to hydrolysis) is 1. The third-order valence-electron chi connectivity index (χ3n) is 7.44. The molecule has 206 valence electrons. The number of primary amides is 1. The van der Waals surface area contributed by atoms with E-state index in [2.05, 4.69) is 22.4 Å². The molecule has 0 spiro atoms. The lowest BCUT2D eigenvalue weighted by Gasteiger charge is -2.29. The Morgan fingerprint density at radius 2 is 1.69 bits per heavy atom. The third-order valence-corrected chi connectivity index (χ3v) is 7.44. The van der Waals surface area contributed by atoms with Crippen LogP contribution in [0.25, 0.3) is 11.1 Å². The van der Waals surface area contributed by atoms with Crippen LogP contribution in [-0.2, 0) is 14.3 Å². The second kappa shape index (κ2) is 11.8. The predicted octanol–water partition coefficient (Wildman–Crippen LogP) is 5.21. The molecule has 4 N–H and O–H groups in total. The summed E-state index contributed by atoms with van der Waals surface area (Å²) in [7, 11) is 0. The molecule has 0 aliphatic heterocycles. The Labute approximate surface area is 229 Å². The first-order valence-corrected chi connectivity index (χ1v) is 13.4. The topological polar surface area (TPSA) is 131 Å². The van der Waals surface area contributed by atoms with Crippen molar-refractivity contribution in [1.29, 1.82) is 0 Å². The molecule has 0 bridgehead atoms. The highest BCUT2D eigenvalue weighted by Crippen LogP contribution is 2.44. The summed E-state index contributed by atoms with van der Waals surface area (Å²) in [5, 5.41) is 13.0. The van der Waals surface area contributed by atoms with E-state index in [1.165, 1.54) is 0 Å². The molecule has 2 amide bonds. The van der Waals surface area contributed by atoms with Gasteiger partial charge in [0, 0.05) is 31.0 Å². The molecule has 2 aliphatic rings. The van der Waals surface area contributed by atoms with E-state index in [4.69, 9.17) is 10.5 Å². The van der Waals surface area contributed by atoms with E-state index < -0.39 is 18.0 Å². The van der Waals surface area contributed by atoms with Crippen LogP contribution in [0.3, 0.4) is 0 Å². The van der Waals surface area contributed by atoms with Gasteiger partial charge in [0.25, 0.3) is 0 Å². The molecule has 2 aromatic rings. The van der Waals surface area contributed by atoms with Crippen molar-refractivity contribution < 1.29 is 24.2 Å². The number of unbranched alkanes of at least 4 members (excludes halogenated alkanes) is 1. The van der Waals surface area contributed by atoms with E-state index in [1.54, 1.807) is 6.92 Å². The zero-order valence-electron chi connectivity index (χ0n) is 22.8. The van der Waals surface area contributed by atoms with E-state index in [1.807, 2.05) is 50.2 Å². The number of amides is 2. The average molecular weight is 532 g/mol. The maximum absolute atomic E-state index is 12.6. The van der Waals surface area contributed by atoms with E-state index in [-0.39, 0.29) is 29.5 Å². The van der Waals surface area contributed by atoms with Crippen molar-refractivity contribution >= 4 is 23.5 Å². The maximum Gasteiger partial charge on any atom is 0.407 e. The number of aliphatic hydroxyl groups excluding tert-OH is 1. The lowest BCUT2D eigenvalue weighted by atomic mass is 9.76. The maximum atomic E-state index is 12.6. The zero-order valence-corrected chi connectivity index (χ0v) is 22.8. The molecule has 8 heteroatoms. The Hall–Kier alpha value is -3.94. The van der Waals surface area contributed by atoms with Gasteiger partial charge in [-0.05, 0) is 53.9 Å². The molecule has 0 fully saturated rings. The normalized spacial score (nSPS) is 17.4. The van der Waals surface area contributed by atoms with Gasteiger partial charge in [-0.25, -0.2) is 4.79 Å². The number of ether oxygens (including phenoxy) is 1. The van der Waals surface area contributed by atoms with E-state index in [9.17, 15) is 19.5 Å². The van der Waals surface area contributed by atoms with Gasteiger partial charge in [-0.2, -0.15) is 0 Å². The highest BCUT2D eigenvalue weighted by atomic mass is 16.5. The number of rotatable bonds is 10. The van der Waals surface area contributed by atoms with Crippen LogP contribution in [0.5, 0.6) is 0 Å². The number of aliphatic hydroxyl groups is 1. The number of aliphatic imine (C=N–C) groups is 1. The van der Waals surface area contributed by atoms with E-state index in [0.717, 1.165) is 22.3 Å². The summed E-state index contributed by atoms with van der Waals surface area (Å²) in [6.07, 6.45) is 1.69. The first-order chi connectivity index (χ1) is 18.6. The quantitative estimate of drug-likeness (QED) is 0.286. The number of fused-ring (bicyclic) bond motifs is 3. The van der Waals surface area contributed by atoms with Crippen LogP contribution < -0.4 is 11.1 Å². The van der Waals surface area contributed by atoms with Gasteiger partial charge < -0.3 is 20.9 Å². The Kier molecular flexibility index (Phi) is 8.53. The highest BCUT2D eigenvalue weighted by Gasteiger charge is 2.34. The molecule has 1 atom stereocenters. The number of hydrogen-bond acceptors (Lipinski definition) is 6. The van der Waals surface area contributed by atoms with E-state index >= 15 is 0 Å². The zero-order chi connectivity index (χ0) is 28.2. The molecule has 0 heterocycles. The monoisotopic (exact) mass is 531 g/mol. The van der Waals surface area contributed by atoms with Crippen LogP contribution in [0.15, 0.2) is 64.9 Å². The molecular weight excluding hydrogens is 494 g/mol. The molecule has 2 aliphatic carbocycles. The van der Waals surface area contributed by atoms with Crippen molar-refractivity contribution in [2.45, 2.75) is 64.8 Å². The van der Waals surface area contributed by atoms with E-state index in [0.29, 0.717) is 49.9 Å². The lowest BCUT2D eigenvalue weighted by Crippen LogP contribution is -2.44. The van der Waals surface area contributed by atoms with Gasteiger partial charge in [-0.1, -0.05) is 62.4 Å². The number of Topliss-reactive ketones (excluding diaryl/α,β-unsaturated/α-hetero) is 1. The minimum atomic E-state index is -0.861. The number of nitrogens with one attached hydrogen (secondary N) is 1. The summed E-state index contributed by atoms with van der Waals surface area (Å²) < 4.78 is 5.54. The van der Waals surface area contributed by atoms with Gasteiger partial charge in [0.1, 0.15) is 18.4 Å². The fourth-order valence-electron chi connectivity index (χ4n) is 5.55. The Bertz CT molecular complexity index is 1280. The largest absolute Gasteiger partial charge is 0.511 e. The van der Waals surface area contributed by atoms with Crippen LogP contribution in [0.2, 0.25) is 0 Å². The number of carbonyl (C=O) groups is 3. The molecule has 0 aromatic heterocycles. The second-order valence-corrected chi connectivity index (χ2v) is 11.2. The van der Waals surface area contributed by atoms with Crippen molar-refractivity contribution in [3.8, 4) is 11.1 Å².